The van der Waals surface area contributed by atoms with Gasteiger partial charge in [0.25, 0.3) is 0 Å². The third-order valence-electron chi connectivity index (χ3n) is 6.91. The molecule has 2 heterocycles. The zero-order chi connectivity index (χ0) is 25.5. The van der Waals surface area contributed by atoms with E-state index < -0.39 is 91.2 Å². The number of hydrogen-bond donors (Lipinski definition) is 10. The van der Waals surface area contributed by atoms with E-state index in [9.17, 15) is 30.6 Å². The summed E-state index contributed by atoms with van der Waals surface area (Å²) in [4.78, 5) is 0. The van der Waals surface area contributed by atoms with E-state index in [1.54, 1.807) is 14.0 Å². The van der Waals surface area contributed by atoms with Crippen molar-refractivity contribution in [3.8, 4) is 0 Å². The summed E-state index contributed by atoms with van der Waals surface area (Å²) in [5.74, 6) is 0. The highest BCUT2D eigenvalue weighted by Crippen LogP contribution is 2.32. The number of likely N-dealkylation sites (N-methyl/N-ethyl adjacent to an activating group) is 1. The van der Waals surface area contributed by atoms with Crippen molar-refractivity contribution in [2.24, 2.45) is 17.2 Å². The SMILES string of the molecule is CN[C@@H]1[C@@H](O)[C@@H](O[C@@H]2[C@@H](O)[C@H](O[C@H]3O[C@H]([C@@H](C)N)[C@@H](O)[C@H](O)[C@H]3O)[C@@H](N)C[C@H]2N)OC[C@]1(C)O. The van der Waals surface area contributed by atoms with Crippen molar-refractivity contribution >= 4 is 0 Å². The van der Waals surface area contributed by atoms with Crippen LogP contribution in [0.15, 0.2) is 0 Å². The quantitative estimate of drug-likeness (QED) is 0.165. The van der Waals surface area contributed by atoms with Gasteiger partial charge in [0.05, 0.1) is 12.6 Å². The van der Waals surface area contributed by atoms with Crippen LogP contribution in [0.4, 0.5) is 0 Å². The van der Waals surface area contributed by atoms with Crippen LogP contribution in [0.1, 0.15) is 20.3 Å². The number of aliphatic hydroxyl groups excluding tert-OH is 5. The Kier molecular flexibility index (Phi) is 8.92. The molecule has 0 aromatic heterocycles. The van der Waals surface area contributed by atoms with Crippen LogP contribution in [0.3, 0.4) is 0 Å². The highest BCUT2D eigenvalue weighted by atomic mass is 16.7. The number of rotatable bonds is 6. The van der Waals surface area contributed by atoms with Gasteiger partial charge in [0.2, 0.25) is 0 Å². The van der Waals surface area contributed by atoms with E-state index in [-0.39, 0.29) is 13.0 Å². The molecule has 200 valence electrons. The van der Waals surface area contributed by atoms with Crippen LogP contribution in [0.25, 0.3) is 0 Å². The Morgan fingerprint density at radius 3 is 2.00 bits per heavy atom. The predicted molar refractivity (Wildman–Crippen MR) is 116 cm³/mol. The molecule has 0 bridgehead atoms. The molecular formula is C20H40N4O10. The molecule has 0 unspecified atom stereocenters. The molecule has 3 rings (SSSR count). The second-order valence-corrected chi connectivity index (χ2v) is 9.85. The van der Waals surface area contributed by atoms with E-state index in [1.165, 1.54) is 6.92 Å². The summed E-state index contributed by atoms with van der Waals surface area (Å²) in [6.45, 7) is 2.93. The molecule has 14 heteroatoms. The normalized spacial score (nSPS) is 53.5. The maximum Gasteiger partial charge on any atom is 0.187 e. The lowest BCUT2D eigenvalue weighted by Gasteiger charge is -2.49. The molecule has 34 heavy (non-hydrogen) atoms. The lowest BCUT2D eigenvalue weighted by molar-refractivity contribution is -0.332. The molecule has 2 saturated heterocycles. The molecule has 2 aliphatic heterocycles. The van der Waals surface area contributed by atoms with E-state index in [1.807, 2.05) is 0 Å². The van der Waals surface area contributed by atoms with Gasteiger partial charge in [-0.1, -0.05) is 0 Å². The second kappa shape index (κ2) is 10.8. The van der Waals surface area contributed by atoms with E-state index in [0.717, 1.165) is 0 Å². The second-order valence-electron chi connectivity index (χ2n) is 9.85. The predicted octanol–water partition coefficient (Wildman–Crippen LogP) is -5.61. The van der Waals surface area contributed by atoms with Crippen LogP contribution in [0.2, 0.25) is 0 Å². The first-order valence-electron chi connectivity index (χ1n) is 11.4. The van der Waals surface area contributed by atoms with E-state index in [0.29, 0.717) is 0 Å². The molecule has 0 amide bonds. The summed E-state index contributed by atoms with van der Waals surface area (Å²) in [5.41, 5.74) is 16.8. The third kappa shape index (κ3) is 5.40. The number of nitrogens with two attached hydrogens (primary N) is 3. The number of hydrogen-bond acceptors (Lipinski definition) is 14. The standard InChI is InChI=1S/C20H40N4O10/c1-6(21)14-10(26)9(25)11(27)19(32-14)34-16-8(23)4-7(22)15(12(16)28)33-18-13(29)17(24-3)20(2,30)5-31-18/h6-19,24-30H,4-5,21-23H2,1-3H3/t6-,7-,8+,9+,10+,11-,12-,13-,14-,15+,16-,17-,18-,19-,20+/m1/s1. The molecule has 0 aromatic carbocycles. The van der Waals surface area contributed by atoms with Gasteiger partial charge in [-0.15, -0.1) is 0 Å². The molecule has 13 N–H and O–H groups in total. The smallest absolute Gasteiger partial charge is 0.187 e. The Morgan fingerprint density at radius 1 is 0.912 bits per heavy atom. The Labute approximate surface area is 197 Å². The fraction of sp³-hybridized carbons (Fsp3) is 1.00. The van der Waals surface area contributed by atoms with Crippen LogP contribution in [-0.2, 0) is 18.9 Å². The minimum atomic E-state index is -1.64. The van der Waals surface area contributed by atoms with Gasteiger partial charge in [0.1, 0.15) is 54.4 Å². The Hall–Kier alpha value is -0.560. The number of aliphatic hydroxyl groups is 6. The molecule has 0 aromatic rings. The minimum Gasteiger partial charge on any atom is -0.388 e. The van der Waals surface area contributed by atoms with Crippen LogP contribution in [0, 0.1) is 0 Å². The van der Waals surface area contributed by atoms with Crippen molar-refractivity contribution in [2.45, 2.75) is 111 Å². The van der Waals surface area contributed by atoms with Crippen LogP contribution >= 0.6 is 0 Å². The summed E-state index contributed by atoms with van der Waals surface area (Å²) in [6.07, 6.45) is -13.2. The lowest BCUT2D eigenvalue weighted by atomic mass is 9.84. The van der Waals surface area contributed by atoms with Crippen molar-refractivity contribution in [3.63, 3.8) is 0 Å². The molecule has 1 aliphatic carbocycles. The molecule has 1 saturated carbocycles. The fourth-order valence-electron chi connectivity index (χ4n) is 4.94. The topological polar surface area (TPSA) is 248 Å². The largest absolute Gasteiger partial charge is 0.388 e. The van der Waals surface area contributed by atoms with Gasteiger partial charge in [-0.2, -0.15) is 0 Å². The van der Waals surface area contributed by atoms with Crippen molar-refractivity contribution in [1.29, 1.82) is 0 Å². The zero-order valence-electron chi connectivity index (χ0n) is 19.5. The van der Waals surface area contributed by atoms with Crippen LogP contribution in [0.5, 0.6) is 0 Å². The monoisotopic (exact) mass is 496 g/mol. The lowest BCUT2D eigenvalue weighted by Crippen LogP contribution is -2.69. The van der Waals surface area contributed by atoms with Gasteiger partial charge in [-0.3, -0.25) is 0 Å². The summed E-state index contributed by atoms with van der Waals surface area (Å²) in [5, 5.41) is 65.6. The van der Waals surface area contributed by atoms with E-state index in [2.05, 4.69) is 5.32 Å². The van der Waals surface area contributed by atoms with Crippen molar-refractivity contribution in [2.75, 3.05) is 13.7 Å². The van der Waals surface area contributed by atoms with Crippen molar-refractivity contribution in [1.82, 2.24) is 5.32 Å². The summed E-state index contributed by atoms with van der Waals surface area (Å²) < 4.78 is 22.7. The average Bonchev–Trinajstić information content (AvgIpc) is 2.75. The Morgan fingerprint density at radius 2 is 1.47 bits per heavy atom. The van der Waals surface area contributed by atoms with Gasteiger partial charge in [-0.05, 0) is 27.3 Å². The molecule has 14 nitrogen and oxygen atoms in total. The summed E-state index contributed by atoms with van der Waals surface area (Å²) in [6, 6.07) is -3.01. The maximum absolute atomic E-state index is 11.0. The van der Waals surface area contributed by atoms with Gasteiger partial charge >= 0.3 is 0 Å². The van der Waals surface area contributed by atoms with Crippen LogP contribution < -0.4 is 22.5 Å². The van der Waals surface area contributed by atoms with Crippen molar-refractivity contribution in [3.05, 3.63) is 0 Å². The number of nitrogens with one attached hydrogen (secondary N) is 1. The first kappa shape index (κ1) is 28.0. The molecule has 3 fully saturated rings. The van der Waals surface area contributed by atoms with Gasteiger partial charge in [0, 0.05) is 18.1 Å². The van der Waals surface area contributed by atoms with Crippen molar-refractivity contribution < 1.29 is 49.6 Å². The van der Waals surface area contributed by atoms with Gasteiger partial charge in [-0.25, -0.2) is 0 Å². The van der Waals surface area contributed by atoms with Gasteiger partial charge < -0.3 is 72.1 Å². The fourth-order valence-corrected chi connectivity index (χ4v) is 4.94. The minimum absolute atomic E-state index is 0.140. The highest BCUT2D eigenvalue weighted by Gasteiger charge is 2.52. The Balaban J connectivity index is 1.73. The average molecular weight is 497 g/mol. The Bertz CT molecular complexity index is 675. The first-order valence-corrected chi connectivity index (χ1v) is 11.4. The molecule has 0 spiro atoms. The molecule has 15 atom stereocenters. The zero-order valence-corrected chi connectivity index (χ0v) is 19.5. The third-order valence-corrected chi connectivity index (χ3v) is 6.91. The number of ether oxygens (including phenoxy) is 4. The highest BCUT2D eigenvalue weighted by molar-refractivity contribution is 5.02. The van der Waals surface area contributed by atoms with Gasteiger partial charge in [0.15, 0.2) is 12.6 Å². The molecule has 3 aliphatic rings. The van der Waals surface area contributed by atoms with E-state index >= 15 is 0 Å². The summed E-state index contributed by atoms with van der Waals surface area (Å²) >= 11 is 0. The first-order chi connectivity index (χ1) is 15.8. The van der Waals surface area contributed by atoms with Crippen LogP contribution in [-0.4, -0.2) is 135 Å². The van der Waals surface area contributed by atoms with E-state index in [4.69, 9.17) is 36.1 Å². The summed E-state index contributed by atoms with van der Waals surface area (Å²) in [7, 11) is 1.57. The maximum atomic E-state index is 11.0. The molecule has 0 radical (unpaired) electrons. The molecular weight excluding hydrogens is 456 g/mol.